The van der Waals surface area contributed by atoms with E-state index < -0.39 is 0 Å². The minimum Gasteiger partial charge on any atom is -0.371 e. The number of rotatable bonds is 5. The van der Waals surface area contributed by atoms with Crippen LogP contribution in [0.4, 0.5) is 5.69 Å². The first-order chi connectivity index (χ1) is 17.1. The first-order valence-electron chi connectivity index (χ1n) is 12.1. The number of aromatic nitrogens is 4. The number of carbonyl (C=O) groups excluding carboxylic acids is 1. The molecule has 0 unspecified atom stereocenters. The van der Waals surface area contributed by atoms with Crippen LogP contribution in [-0.2, 0) is 0 Å². The summed E-state index contributed by atoms with van der Waals surface area (Å²) in [4.78, 5) is 33.7. The summed E-state index contributed by atoms with van der Waals surface area (Å²) in [5, 5.41) is 1.08. The molecule has 1 saturated heterocycles. The van der Waals surface area contributed by atoms with E-state index in [0.717, 1.165) is 59.1 Å². The Morgan fingerprint density at radius 2 is 1.89 bits per heavy atom. The molecule has 0 spiro atoms. The average molecular weight is 465 g/mol. The molecule has 1 fully saturated rings. The van der Waals surface area contributed by atoms with Crippen LogP contribution in [0.15, 0.2) is 67.0 Å². The van der Waals surface area contributed by atoms with Gasteiger partial charge in [0.25, 0.3) is 0 Å². The van der Waals surface area contributed by atoms with Gasteiger partial charge in [0.05, 0.1) is 16.7 Å². The van der Waals surface area contributed by atoms with Crippen LogP contribution in [-0.4, -0.2) is 63.8 Å². The number of nitrogens with zero attached hydrogens (tertiary/aromatic N) is 4. The van der Waals surface area contributed by atoms with E-state index in [1.54, 1.807) is 12.3 Å². The molecule has 0 radical (unpaired) electrons. The van der Waals surface area contributed by atoms with E-state index in [4.69, 9.17) is 0 Å². The Bertz CT molecular complexity index is 1520. The maximum Gasteiger partial charge on any atom is 0.228 e. The molecular formula is C28H28N6O. The highest BCUT2D eigenvalue weighted by molar-refractivity contribution is 6.09. The molecule has 3 aromatic heterocycles. The number of hydrogen-bond donors (Lipinski definition) is 2. The minimum atomic E-state index is -0.139. The standard InChI is InChI=1S/C28H28N6O/c1-33(2)19-10-14-34(15-11-19)20-6-7-24-26(17-20)32-28(31-24)27(35)18-8-12-30-25(16-18)21-4-3-5-23-22(21)9-13-29-23/h3-9,12-13,16-17,19,29H,10-11,14-15H2,1-2H3,(H,31,32). The van der Waals surface area contributed by atoms with Gasteiger partial charge in [0.15, 0.2) is 5.82 Å². The van der Waals surface area contributed by atoms with Crippen molar-refractivity contribution in [2.45, 2.75) is 18.9 Å². The quantitative estimate of drug-likeness (QED) is 0.363. The van der Waals surface area contributed by atoms with Crippen molar-refractivity contribution >= 4 is 33.4 Å². The maximum atomic E-state index is 13.4. The SMILES string of the molecule is CN(C)C1CCN(c2ccc3nc(C(=O)c4ccnc(-c5cccc6[nH]ccc56)c4)[nH]c3c2)CC1. The summed E-state index contributed by atoms with van der Waals surface area (Å²) in [6.45, 7) is 2.06. The third kappa shape index (κ3) is 3.98. The molecule has 0 amide bonds. The van der Waals surface area contributed by atoms with E-state index in [1.807, 2.05) is 42.6 Å². The van der Waals surface area contributed by atoms with E-state index in [9.17, 15) is 4.79 Å². The Balaban J connectivity index is 1.27. The van der Waals surface area contributed by atoms with Gasteiger partial charge in [0.1, 0.15) is 0 Å². The zero-order valence-electron chi connectivity index (χ0n) is 20.0. The number of carbonyl (C=O) groups is 1. The minimum absolute atomic E-state index is 0.139. The smallest absolute Gasteiger partial charge is 0.228 e. The summed E-state index contributed by atoms with van der Waals surface area (Å²) in [5.41, 5.74) is 6.21. The number of ketones is 1. The Kier molecular flexibility index (Phi) is 5.34. The van der Waals surface area contributed by atoms with Crippen LogP contribution in [0.2, 0.25) is 0 Å². The fourth-order valence-electron chi connectivity index (χ4n) is 5.11. The topological polar surface area (TPSA) is 80.9 Å². The highest BCUT2D eigenvalue weighted by Crippen LogP contribution is 2.28. The summed E-state index contributed by atoms with van der Waals surface area (Å²) in [7, 11) is 4.31. The average Bonchev–Trinajstić information content (AvgIpc) is 3.55. The Hall–Kier alpha value is -3.97. The normalized spacial score (nSPS) is 14.9. The molecule has 4 heterocycles. The number of imidazole rings is 1. The summed E-state index contributed by atoms with van der Waals surface area (Å²) in [5.74, 6) is 0.208. The van der Waals surface area contributed by atoms with Crippen molar-refractivity contribution in [1.29, 1.82) is 0 Å². The molecular weight excluding hydrogens is 436 g/mol. The Morgan fingerprint density at radius 1 is 1.03 bits per heavy atom. The van der Waals surface area contributed by atoms with Gasteiger partial charge in [0.2, 0.25) is 5.78 Å². The van der Waals surface area contributed by atoms with E-state index >= 15 is 0 Å². The number of H-pyrrole nitrogens is 2. The zero-order chi connectivity index (χ0) is 23.9. The maximum absolute atomic E-state index is 13.4. The summed E-state index contributed by atoms with van der Waals surface area (Å²) >= 11 is 0. The van der Waals surface area contributed by atoms with Gasteiger partial charge in [-0.15, -0.1) is 0 Å². The largest absolute Gasteiger partial charge is 0.371 e. The molecule has 0 aliphatic carbocycles. The summed E-state index contributed by atoms with van der Waals surface area (Å²) < 4.78 is 0. The van der Waals surface area contributed by atoms with Crippen LogP contribution in [0.3, 0.4) is 0 Å². The number of piperidine rings is 1. The van der Waals surface area contributed by atoms with Crippen LogP contribution in [0, 0.1) is 0 Å². The predicted molar refractivity (Wildman–Crippen MR) is 140 cm³/mol. The molecule has 7 heteroatoms. The van der Waals surface area contributed by atoms with Crippen molar-refractivity contribution in [2.75, 3.05) is 32.1 Å². The van der Waals surface area contributed by atoms with Gasteiger partial charge < -0.3 is 19.8 Å². The summed E-state index contributed by atoms with van der Waals surface area (Å²) in [6, 6.07) is 18.5. The number of pyridine rings is 1. The molecule has 7 nitrogen and oxygen atoms in total. The lowest BCUT2D eigenvalue weighted by molar-refractivity contribution is 0.103. The number of aromatic amines is 2. The van der Waals surface area contributed by atoms with Crippen LogP contribution in [0.5, 0.6) is 0 Å². The van der Waals surface area contributed by atoms with Crippen molar-refractivity contribution in [3.63, 3.8) is 0 Å². The van der Waals surface area contributed by atoms with Gasteiger partial charge in [0, 0.05) is 59.2 Å². The second-order valence-electron chi connectivity index (χ2n) is 9.47. The second-order valence-corrected chi connectivity index (χ2v) is 9.47. The second kappa shape index (κ2) is 8.67. The molecule has 2 aromatic carbocycles. The first kappa shape index (κ1) is 21.6. The monoisotopic (exact) mass is 464 g/mol. The number of benzene rings is 2. The molecule has 0 atom stereocenters. The van der Waals surface area contributed by atoms with Crippen LogP contribution >= 0.6 is 0 Å². The molecule has 1 aliphatic rings. The van der Waals surface area contributed by atoms with E-state index in [-0.39, 0.29) is 5.78 Å². The van der Waals surface area contributed by atoms with Gasteiger partial charge in [-0.25, -0.2) is 4.98 Å². The molecule has 2 N–H and O–H groups in total. The Morgan fingerprint density at radius 3 is 2.71 bits per heavy atom. The van der Waals surface area contributed by atoms with Crippen molar-refractivity contribution < 1.29 is 4.79 Å². The number of hydrogen-bond acceptors (Lipinski definition) is 5. The van der Waals surface area contributed by atoms with Crippen LogP contribution in [0.1, 0.15) is 29.0 Å². The number of anilines is 1. The molecule has 5 aromatic rings. The Labute approximate surface area is 203 Å². The van der Waals surface area contributed by atoms with Crippen molar-refractivity contribution in [3.05, 3.63) is 78.4 Å². The lowest BCUT2D eigenvalue weighted by atomic mass is 10.0. The first-order valence-corrected chi connectivity index (χ1v) is 12.1. The van der Waals surface area contributed by atoms with Gasteiger partial charge in [-0.3, -0.25) is 9.78 Å². The van der Waals surface area contributed by atoms with E-state index in [1.165, 1.54) is 5.69 Å². The summed E-state index contributed by atoms with van der Waals surface area (Å²) in [6.07, 6.45) is 5.90. The van der Waals surface area contributed by atoms with Crippen molar-refractivity contribution in [3.8, 4) is 11.3 Å². The molecule has 0 saturated carbocycles. The highest BCUT2D eigenvalue weighted by atomic mass is 16.1. The van der Waals surface area contributed by atoms with Crippen LogP contribution in [0.25, 0.3) is 33.2 Å². The van der Waals surface area contributed by atoms with Gasteiger partial charge in [-0.1, -0.05) is 12.1 Å². The van der Waals surface area contributed by atoms with Crippen molar-refractivity contribution in [1.82, 2.24) is 24.8 Å². The molecule has 1 aliphatic heterocycles. The van der Waals surface area contributed by atoms with Crippen LogP contribution < -0.4 is 4.90 Å². The number of fused-ring (bicyclic) bond motifs is 2. The highest BCUT2D eigenvalue weighted by Gasteiger charge is 2.22. The lowest BCUT2D eigenvalue weighted by Gasteiger charge is -2.36. The zero-order valence-corrected chi connectivity index (χ0v) is 20.0. The predicted octanol–water partition coefficient (Wildman–Crippen LogP) is 4.87. The number of nitrogens with one attached hydrogen (secondary N) is 2. The van der Waals surface area contributed by atoms with Crippen molar-refractivity contribution in [2.24, 2.45) is 0 Å². The van der Waals surface area contributed by atoms with Gasteiger partial charge >= 0.3 is 0 Å². The fourth-order valence-corrected chi connectivity index (χ4v) is 5.11. The lowest BCUT2D eigenvalue weighted by Crippen LogP contribution is -2.41. The third-order valence-corrected chi connectivity index (χ3v) is 7.13. The third-order valence-electron chi connectivity index (χ3n) is 7.13. The molecule has 35 heavy (non-hydrogen) atoms. The van der Waals surface area contributed by atoms with Gasteiger partial charge in [-0.2, -0.15) is 0 Å². The molecule has 6 rings (SSSR count). The van der Waals surface area contributed by atoms with E-state index in [0.29, 0.717) is 17.4 Å². The van der Waals surface area contributed by atoms with Gasteiger partial charge in [-0.05, 0) is 69.4 Å². The molecule has 176 valence electrons. The fraction of sp³-hybridized carbons (Fsp3) is 0.250. The van der Waals surface area contributed by atoms with E-state index in [2.05, 4.69) is 56.0 Å². The molecule has 0 bridgehead atoms.